The van der Waals surface area contributed by atoms with E-state index in [0.717, 1.165) is 11.1 Å². The van der Waals surface area contributed by atoms with Gasteiger partial charge in [0.2, 0.25) is 7.27 Å². The summed E-state index contributed by atoms with van der Waals surface area (Å²) in [6, 6.07) is 0. The molecule has 2 aliphatic carbocycles. The van der Waals surface area contributed by atoms with E-state index in [0.29, 0.717) is 0 Å². The zero-order valence-corrected chi connectivity index (χ0v) is 27.9. The minimum atomic E-state index is -1.17. The summed E-state index contributed by atoms with van der Waals surface area (Å²) in [6.45, 7) is 0. The highest BCUT2D eigenvalue weighted by molar-refractivity contribution is 14.3. The third-order valence-electron chi connectivity index (χ3n) is 5.07. The second-order valence-electron chi connectivity index (χ2n) is 6.49. The molecule has 0 nitrogen and oxygen atoms in total. The van der Waals surface area contributed by atoms with E-state index in [9.17, 15) is 0 Å². The Hall–Kier alpha value is 5.03. The largest absolute Gasteiger partial charge is 0.219 e. The Kier molecular flexibility index (Phi) is 10.1. The van der Waals surface area contributed by atoms with Gasteiger partial charge in [-0.15, -0.1) is 131 Å². The SMILES string of the molecule is I[Si](I)(C1CCCCC1)[Si](I)(I)[Si](I)(I)C1CCCCC1. The van der Waals surface area contributed by atoms with Crippen LogP contribution in [0.15, 0.2) is 0 Å². The van der Waals surface area contributed by atoms with Gasteiger partial charge in [0.1, 0.15) is 0 Å². The van der Waals surface area contributed by atoms with Crippen LogP contribution in [-0.2, 0) is 0 Å². The van der Waals surface area contributed by atoms with Gasteiger partial charge < -0.3 is 0 Å². The molecule has 0 spiro atoms. The lowest BCUT2D eigenvalue weighted by Crippen LogP contribution is -2.64. The lowest BCUT2D eigenvalue weighted by atomic mass is 10.0. The highest BCUT2D eigenvalue weighted by Crippen LogP contribution is 2.63. The highest BCUT2D eigenvalue weighted by Gasteiger charge is 2.67. The summed E-state index contributed by atoms with van der Waals surface area (Å²) in [4.78, 5) is 0. The molecule has 2 fully saturated rings. The highest BCUT2D eigenvalue weighted by atomic mass is 127. The second-order valence-corrected chi connectivity index (χ2v) is 95.6. The van der Waals surface area contributed by atoms with Crippen molar-refractivity contribution in [3.8, 4) is 0 Å². The van der Waals surface area contributed by atoms with E-state index < -0.39 is 7.27 Å². The average Bonchev–Trinajstić information content (AvgIpc) is 2.48. The van der Waals surface area contributed by atoms with E-state index in [1.807, 2.05) is 0 Å². The van der Waals surface area contributed by atoms with Gasteiger partial charge in [0, 0.05) is 0 Å². The van der Waals surface area contributed by atoms with Gasteiger partial charge >= 0.3 is 0 Å². The van der Waals surface area contributed by atoms with Crippen molar-refractivity contribution in [2.75, 3.05) is 0 Å². The minimum Gasteiger partial charge on any atom is -0.108 e. The van der Waals surface area contributed by atoms with E-state index in [1.165, 1.54) is 38.5 Å². The second kappa shape index (κ2) is 9.49. The molecular formula is C12H22I6Si3. The van der Waals surface area contributed by atoms with Crippen LogP contribution in [0.2, 0.25) is 11.1 Å². The third kappa shape index (κ3) is 5.10. The van der Waals surface area contributed by atoms with Crippen molar-refractivity contribution < 1.29 is 0 Å². The summed E-state index contributed by atoms with van der Waals surface area (Å²) in [6.07, 6.45) is 15.3. The number of hydrogen-bond donors (Lipinski definition) is 0. The summed E-state index contributed by atoms with van der Waals surface area (Å²) in [5.74, 6) is 0. The van der Waals surface area contributed by atoms with E-state index in [2.05, 4.69) is 131 Å². The third-order valence-corrected chi connectivity index (χ3v) is 187. The molecule has 0 amide bonds. The normalized spacial score (nSPS) is 24.3. The van der Waals surface area contributed by atoms with Crippen LogP contribution in [0.4, 0.5) is 0 Å². The van der Waals surface area contributed by atoms with E-state index in [4.69, 9.17) is 0 Å². The summed E-state index contributed by atoms with van der Waals surface area (Å²) in [7, 11) is 0. The van der Waals surface area contributed by atoms with Crippen molar-refractivity contribution in [3.63, 3.8) is 0 Å². The van der Waals surface area contributed by atoms with Gasteiger partial charge in [0.05, 0.1) is 0 Å². The molecule has 0 aromatic carbocycles. The molecule has 0 saturated heterocycles. The zero-order chi connectivity index (χ0) is 15.7. The van der Waals surface area contributed by atoms with Crippen molar-refractivity contribution in [1.29, 1.82) is 0 Å². The molecule has 2 aliphatic rings. The maximum absolute atomic E-state index is 3.08. The predicted molar refractivity (Wildman–Crippen MR) is 155 cm³/mol. The lowest BCUT2D eigenvalue weighted by molar-refractivity contribution is 0.500. The summed E-state index contributed by atoms with van der Waals surface area (Å²) in [5.41, 5.74) is 2.24. The molecule has 0 aromatic heterocycles. The fraction of sp³-hybridized carbons (Fsp3) is 1.00. The first kappa shape index (κ1) is 22.3. The van der Waals surface area contributed by atoms with Crippen LogP contribution in [-0.4, -0.2) is 7.27 Å². The van der Waals surface area contributed by atoms with Crippen molar-refractivity contribution in [1.82, 2.24) is 0 Å². The molecule has 0 N–H and O–H groups in total. The van der Waals surface area contributed by atoms with E-state index in [1.54, 1.807) is 25.7 Å². The maximum Gasteiger partial charge on any atom is 0.219 e. The van der Waals surface area contributed by atoms with Gasteiger partial charge in [-0.1, -0.05) is 64.2 Å². The fourth-order valence-corrected chi connectivity index (χ4v) is 146. The first-order valence-electron chi connectivity index (χ1n) is 7.84. The molecule has 124 valence electrons. The Morgan fingerprint density at radius 3 is 1.05 bits per heavy atom. The molecule has 0 aromatic rings. The molecular weight excluding hydrogens is 990 g/mol. The van der Waals surface area contributed by atoms with Gasteiger partial charge in [-0.3, -0.25) is 0 Å². The Morgan fingerprint density at radius 2 is 0.762 bits per heavy atom. The van der Waals surface area contributed by atoms with Crippen LogP contribution in [0.1, 0.15) is 64.2 Å². The molecule has 0 atom stereocenters. The van der Waals surface area contributed by atoms with Crippen LogP contribution in [0, 0.1) is 0 Å². The van der Waals surface area contributed by atoms with Crippen molar-refractivity contribution in [3.05, 3.63) is 0 Å². The Balaban J connectivity index is 2.20. The lowest BCUT2D eigenvalue weighted by Gasteiger charge is -2.47. The van der Waals surface area contributed by atoms with Crippen molar-refractivity contribution in [2.45, 2.75) is 75.3 Å². The van der Waals surface area contributed by atoms with E-state index >= 15 is 0 Å². The molecule has 0 radical (unpaired) electrons. The maximum atomic E-state index is 3.08. The fourth-order valence-electron chi connectivity index (χ4n) is 3.67. The summed E-state index contributed by atoms with van der Waals surface area (Å²) >= 11 is 18.4. The Morgan fingerprint density at radius 1 is 0.476 bits per heavy atom. The molecule has 9 heteroatoms. The van der Waals surface area contributed by atoms with Gasteiger partial charge in [-0.05, 0) is 11.1 Å². The van der Waals surface area contributed by atoms with Gasteiger partial charge in [0.15, 0.2) is 0 Å². The summed E-state index contributed by atoms with van der Waals surface area (Å²) < 4.78 is -3.47. The Bertz CT molecular complexity index is 319. The quantitative estimate of drug-likeness (QED) is 0.150. The monoisotopic (exact) mass is 1010 g/mol. The molecule has 2 saturated carbocycles. The first-order valence-corrected chi connectivity index (χ1v) is 34.7. The average molecular weight is 1010 g/mol. The van der Waals surface area contributed by atoms with Crippen LogP contribution >= 0.6 is 131 Å². The predicted octanol–water partition coefficient (Wildman–Crippen LogP) is 8.75. The molecule has 0 heterocycles. The van der Waals surface area contributed by atoms with Crippen LogP contribution < -0.4 is 0 Å². The van der Waals surface area contributed by atoms with Crippen LogP contribution in [0.5, 0.6) is 0 Å². The number of rotatable bonds is 4. The standard InChI is InChI=1S/C12H22I6Si3/c13-19(14,11-7-3-1-4-8-11)21(17,18)20(15,16)12-9-5-2-6-10-12/h11-12H,1-10H2. The Labute approximate surface area is 208 Å². The topological polar surface area (TPSA) is 0 Å². The van der Waals surface area contributed by atoms with Crippen LogP contribution in [0.3, 0.4) is 0 Å². The smallest absolute Gasteiger partial charge is 0.108 e. The first-order chi connectivity index (χ1) is 9.71. The van der Waals surface area contributed by atoms with Crippen LogP contribution in [0.25, 0.3) is 0 Å². The number of halogens is 6. The molecule has 21 heavy (non-hydrogen) atoms. The summed E-state index contributed by atoms with van der Waals surface area (Å²) in [5, 5.41) is 0. The minimum absolute atomic E-state index is 1.12. The van der Waals surface area contributed by atoms with E-state index in [-0.39, 0.29) is 0 Å². The molecule has 0 unspecified atom stereocenters. The van der Waals surface area contributed by atoms with Crippen molar-refractivity contribution >= 4 is 138 Å². The molecule has 0 aliphatic heterocycles. The van der Waals surface area contributed by atoms with Gasteiger partial charge in [-0.25, -0.2) is 0 Å². The molecule has 0 bridgehead atoms. The van der Waals surface area contributed by atoms with Gasteiger partial charge in [-0.2, -0.15) is 0 Å². The van der Waals surface area contributed by atoms with Crippen molar-refractivity contribution in [2.24, 2.45) is 0 Å². The molecule has 2 rings (SSSR count). The van der Waals surface area contributed by atoms with Gasteiger partial charge in [0.25, 0.3) is 0 Å². The number of hydrogen-bond acceptors (Lipinski definition) is 0. The zero-order valence-electron chi connectivity index (χ0n) is 12.0.